The van der Waals surface area contributed by atoms with E-state index >= 15 is 0 Å². The van der Waals surface area contributed by atoms with Gasteiger partial charge in [-0.15, -0.1) is 13.2 Å². The van der Waals surface area contributed by atoms with E-state index in [1.54, 1.807) is 6.20 Å². The first-order valence-electron chi connectivity index (χ1n) is 8.52. The minimum absolute atomic E-state index is 0.0729. The van der Waals surface area contributed by atoms with Gasteiger partial charge in [0.25, 0.3) is 0 Å². The third-order valence-corrected chi connectivity index (χ3v) is 5.73. The molecule has 1 aliphatic carbocycles. The Morgan fingerprint density at radius 2 is 1.71 bits per heavy atom. The van der Waals surface area contributed by atoms with Gasteiger partial charge in [-0.25, -0.2) is 18.1 Å². The zero-order valence-corrected chi connectivity index (χ0v) is 15.4. The Balaban J connectivity index is 1.53. The lowest BCUT2D eigenvalue weighted by atomic mass is 9.94. The van der Waals surface area contributed by atoms with E-state index in [9.17, 15) is 21.6 Å². The molecule has 0 radical (unpaired) electrons. The summed E-state index contributed by atoms with van der Waals surface area (Å²) < 4.78 is 73.5. The number of aromatic nitrogens is 2. The molecule has 3 rings (SSSR count). The molecule has 0 amide bonds. The molecule has 11 heteroatoms. The molecule has 1 N–H and O–H groups in total. The Bertz CT molecular complexity index is 869. The molecule has 0 atom stereocenters. The molecule has 1 aliphatic rings. The van der Waals surface area contributed by atoms with Crippen molar-refractivity contribution in [1.82, 2.24) is 14.7 Å². The van der Waals surface area contributed by atoms with E-state index in [2.05, 4.69) is 19.4 Å². The predicted octanol–water partition coefficient (Wildman–Crippen LogP) is 3.04. The minimum Gasteiger partial charge on any atom is -0.473 e. The standard InChI is InChI=1S/C17H18F3N3O4S/c18-17(19,20)27-14-5-7-15(8-6-14)28(24,25)23-12-1-3-13(4-2-12)26-16-11-21-9-10-22-16/h5-13,23H,1-4H2. The number of alkyl halides is 3. The van der Waals surface area contributed by atoms with Gasteiger partial charge < -0.3 is 9.47 Å². The van der Waals surface area contributed by atoms with Crippen molar-refractivity contribution in [3.63, 3.8) is 0 Å². The molecule has 0 spiro atoms. The van der Waals surface area contributed by atoms with Crippen LogP contribution >= 0.6 is 0 Å². The molecule has 7 nitrogen and oxygen atoms in total. The Morgan fingerprint density at radius 3 is 2.29 bits per heavy atom. The lowest BCUT2D eigenvalue weighted by Gasteiger charge is -2.28. The number of halogens is 3. The Labute approximate surface area is 160 Å². The molecule has 1 aromatic carbocycles. The first-order chi connectivity index (χ1) is 13.2. The summed E-state index contributed by atoms with van der Waals surface area (Å²) in [5, 5.41) is 0. The Hall–Kier alpha value is -2.40. The van der Waals surface area contributed by atoms with Crippen LogP contribution in [0.25, 0.3) is 0 Å². The fraction of sp³-hybridized carbons (Fsp3) is 0.412. The summed E-state index contributed by atoms with van der Waals surface area (Å²) in [6.45, 7) is 0. The fourth-order valence-corrected chi connectivity index (χ4v) is 4.23. The smallest absolute Gasteiger partial charge is 0.473 e. The SMILES string of the molecule is O=S(=O)(NC1CCC(Oc2cnccn2)CC1)c1ccc(OC(F)(F)F)cc1. The predicted molar refractivity (Wildman–Crippen MR) is 92.2 cm³/mol. The molecule has 28 heavy (non-hydrogen) atoms. The van der Waals surface area contributed by atoms with Gasteiger partial charge in [0.15, 0.2) is 0 Å². The normalized spacial score (nSPS) is 20.5. The van der Waals surface area contributed by atoms with E-state index in [4.69, 9.17) is 4.74 Å². The second-order valence-electron chi connectivity index (χ2n) is 6.28. The van der Waals surface area contributed by atoms with Crippen LogP contribution < -0.4 is 14.2 Å². The van der Waals surface area contributed by atoms with Crippen LogP contribution in [0.4, 0.5) is 13.2 Å². The van der Waals surface area contributed by atoms with Gasteiger partial charge in [-0.3, -0.25) is 4.98 Å². The van der Waals surface area contributed by atoms with Gasteiger partial charge in [-0.05, 0) is 49.9 Å². The highest BCUT2D eigenvalue weighted by Gasteiger charge is 2.31. The molecule has 1 saturated carbocycles. The number of benzene rings is 1. The Morgan fingerprint density at radius 1 is 1.04 bits per heavy atom. The van der Waals surface area contributed by atoms with Crippen molar-refractivity contribution in [3.05, 3.63) is 42.9 Å². The van der Waals surface area contributed by atoms with Crippen molar-refractivity contribution >= 4 is 10.0 Å². The summed E-state index contributed by atoms with van der Waals surface area (Å²) in [4.78, 5) is 7.84. The number of ether oxygens (including phenoxy) is 2. The molecule has 0 unspecified atom stereocenters. The van der Waals surface area contributed by atoms with E-state index in [1.165, 1.54) is 12.4 Å². The fourth-order valence-electron chi connectivity index (χ4n) is 2.92. The summed E-state index contributed by atoms with van der Waals surface area (Å²) in [6.07, 6.45) is 2.10. The van der Waals surface area contributed by atoms with Crippen LogP contribution in [0.5, 0.6) is 11.6 Å². The lowest BCUT2D eigenvalue weighted by molar-refractivity contribution is -0.274. The molecule has 0 saturated heterocycles. The van der Waals surface area contributed by atoms with Gasteiger partial charge in [-0.1, -0.05) is 0 Å². The highest BCUT2D eigenvalue weighted by molar-refractivity contribution is 7.89. The van der Waals surface area contributed by atoms with Crippen molar-refractivity contribution in [3.8, 4) is 11.6 Å². The molecular formula is C17H18F3N3O4S. The van der Waals surface area contributed by atoms with E-state index in [-0.39, 0.29) is 17.0 Å². The molecule has 0 aliphatic heterocycles. The molecule has 1 aromatic heterocycles. The highest BCUT2D eigenvalue weighted by Crippen LogP contribution is 2.26. The Kier molecular flexibility index (Phi) is 6.04. The summed E-state index contributed by atoms with van der Waals surface area (Å²) in [5.41, 5.74) is 0. The van der Waals surface area contributed by atoms with Crippen LogP contribution in [-0.2, 0) is 10.0 Å². The van der Waals surface area contributed by atoms with E-state index in [0.717, 1.165) is 24.3 Å². The lowest BCUT2D eigenvalue weighted by Crippen LogP contribution is -2.39. The van der Waals surface area contributed by atoms with Crippen molar-refractivity contribution in [2.75, 3.05) is 0 Å². The van der Waals surface area contributed by atoms with Crippen LogP contribution in [0.1, 0.15) is 25.7 Å². The van der Waals surface area contributed by atoms with Gasteiger partial charge in [0.1, 0.15) is 11.9 Å². The van der Waals surface area contributed by atoms with Crippen LogP contribution in [0.3, 0.4) is 0 Å². The van der Waals surface area contributed by atoms with E-state index in [0.29, 0.717) is 31.6 Å². The molecule has 1 fully saturated rings. The zero-order valence-electron chi connectivity index (χ0n) is 14.6. The maximum absolute atomic E-state index is 12.4. The van der Waals surface area contributed by atoms with Crippen molar-refractivity contribution in [2.24, 2.45) is 0 Å². The van der Waals surface area contributed by atoms with Gasteiger partial charge in [-0.2, -0.15) is 0 Å². The first kappa shape index (κ1) is 20.3. The first-order valence-corrected chi connectivity index (χ1v) is 10.0. The molecule has 1 heterocycles. The summed E-state index contributed by atoms with van der Waals surface area (Å²) >= 11 is 0. The highest BCUT2D eigenvalue weighted by atomic mass is 32.2. The monoisotopic (exact) mass is 417 g/mol. The van der Waals surface area contributed by atoms with Crippen LogP contribution in [0.15, 0.2) is 47.8 Å². The topological polar surface area (TPSA) is 90.4 Å². The molecular weight excluding hydrogens is 399 g/mol. The minimum atomic E-state index is -4.83. The maximum atomic E-state index is 12.4. The average Bonchev–Trinajstić information content (AvgIpc) is 2.63. The van der Waals surface area contributed by atoms with Gasteiger partial charge in [0, 0.05) is 18.4 Å². The van der Waals surface area contributed by atoms with Crippen LogP contribution in [0, 0.1) is 0 Å². The number of rotatable bonds is 6. The molecule has 152 valence electrons. The number of hydrogen-bond acceptors (Lipinski definition) is 6. The van der Waals surface area contributed by atoms with Gasteiger partial charge >= 0.3 is 6.36 Å². The van der Waals surface area contributed by atoms with Crippen LogP contribution in [0.2, 0.25) is 0 Å². The number of hydrogen-bond donors (Lipinski definition) is 1. The quantitative estimate of drug-likeness (QED) is 0.777. The average molecular weight is 417 g/mol. The largest absolute Gasteiger partial charge is 0.573 e. The maximum Gasteiger partial charge on any atom is 0.573 e. The van der Waals surface area contributed by atoms with Gasteiger partial charge in [0.2, 0.25) is 15.9 Å². The van der Waals surface area contributed by atoms with Gasteiger partial charge in [0.05, 0.1) is 11.1 Å². The number of nitrogens with one attached hydrogen (secondary N) is 1. The second-order valence-corrected chi connectivity index (χ2v) is 7.99. The molecule has 2 aromatic rings. The van der Waals surface area contributed by atoms with E-state index in [1.807, 2.05) is 0 Å². The second kappa shape index (κ2) is 8.31. The third-order valence-electron chi connectivity index (χ3n) is 4.19. The molecule has 0 bridgehead atoms. The summed E-state index contributed by atoms with van der Waals surface area (Å²) in [7, 11) is -3.85. The van der Waals surface area contributed by atoms with Crippen molar-refractivity contribution < 1.29 is 31.1 Å². The number of sulfonamides is 1. The van der Waals surface area contributed by atoms with Crippen molar-refractivity contribution in [2.45, 2.75) is 49.1 Å². The zero-order chi connectivity index (χ0) is 20.2. The number of nitrogens with zero attached hydrogens (tertiary/aromatic N) is 2. The summed E-state index contributed by atoms with van der Waals surface area (Å²) in [6, 6.07) is 3.80. The third kappa shape index (κ3) is 5.80. The van der Waals surface area contributed by atoms with Crippen LogP contribution in [-0.4, -0.2) is 36.9 Å². The summed E-state index contributed by atoms with van der Waals surface area (Å²) in [5.74, 6) is -0.0548. The van der Waals surface area contributed by atoms with Crippen molar-refractivity contribution in [1.29, 1.82) is 0 Å². The van der Waals surface area contributed by atoms with E-state index < -0.39 is 22.1 Å².